The lowest BCUT2D eigenvalue weighted by Gasteiger charge is -1.98. The maximum Gasteiger partial charge on any atom is 0.132 e. The number of H-pyrrole nitrogens is 1. The Morgan fingerprint density at radius 2 is 2.19 bits per heavy atom. The van der Waals surface area contributed by atoms with E-state index in [1.807, 2.05) is 6.07 Å². The number of imidazole rings is 1. The molecule has 80 valence electrons. The molecule has 3 nitrogen and oxygen atoms in total. The van der Waals surface area contributed by atoms with E-state index < -0.39 is 0 Å². The van der Waals surface area contributed by atoms with Crippen LogP contribution >= 0.6 is 0 Å². The molecule has 0 saturated heterocycles. The van der Waals surface area contributed by atoms with E-state index in [1.54, 1.807) is 24.4 Å². The van der Waals surface area contributed by atoms with E-state index >= 15 is 0 Å². The Morgan fingerprint density at radius 3 is 2.94 bits per heavy atom. The summed E-state index contributed by atoms with van der Waals surface area (Å²) in [5.41, 5.74) is 1.14. The highest BCUT2D eigenvalue weighted by atomic mass is 19.1. The van der Waals surface area contributed by atoms with Crippen molar-refractivity contribution in [3.05, 3.63) is 42.1 Å². The van der Waals surface area contributed by atoms with Crippen molar-refractivity contribution < 1.29 is 4.39 Å². The van der Waals surface area contributed by atoms with Crippen LogP contribution < -0.4 is 0 Å². The number of aryl methyl sites for hydroxylation is 1. The Hall–Kier alpha value is -2.15. The highest BCUT2D eigenvalue weighted by Crippen LogP contribution is 2.20. The first-order valence-corrected chi connectivity index (χ1v) is 4.97. The number of aromatic nitrogens is 2. The van der Waals surface area contributed by atoms with Crippen LogP contribution in [0, 0.1) is 17.1 Å². The molecule has 1 N–H and O–H groups in total. The van der Waals surface area contributed by atoms with Gasteiger partial charge in [0.05, 0.1) is 18.0 Å². The molecule has 2 rings (SSSR count). The van der Waals surface area contributed by atoms with Crippen LogP contribution in [0.2, 0.25) is 0 Å². The summed E-state index contributed by atoms with van der Waals surface area (Å²) in [6.45, 7) is 0. The minimum absolute atomic E-state index is 0.280. The van der Waals surface area contributed by atoms with Crippen LogP contribution in [-0.2, 0) is 6.42 Å². The highest BCUT2D eigenvalue weighted by Gasteiger charge is 2.07. The number of hydrogen-bond acceptors (Lipinski definition) is 2. The molecule has 0 spiro atoms. The van der Waals surface area contributed by atoms with Crippen molar-refractivity contribution in [1.82, 2.24) is 9.97 Å². The van der Waals surface area contributed by atoms with Crippen LogP contribution in [0.5, 0.6) is 0 Å². The minimum Gasteiger partial charge on any atom is -0.342 e. The standard InChI is InChI=1S/C12H10FN3/c13-10-5-2-1-4-9(10)11-8-15-12(16-11)6-3-7-14/h1-2,4-5,8H,3,6H2,(H,15,16). The smallest absolute Gasteiger partial charge is 0.132 e. The maximum absolute atomic E-state index is 13.4. The van der Waals surface area contributed by atoms with Gasteiger partial charge in [-0.15, -0.1) is 0 Å². The highest BCUT2D eigenvalue weighted by molar-refractivity contribution is 5.59. The molecule has 1 aromatic heterocycles. The molecule has 0 aliphatic heterocycles. The van der Waals surface area contributed by atoms with Crippen molar-refractivity contribution in [3.63, 3.8) is 0 Å². The quantitative estimate of drug-likeness (QED) is 0.855. The van der Waals surface area contributed by atoms with Crippen LogP contribution in [0.4, 0.5) is 4.39 Å². The second-order valence-electron chi connectivity index (χ2n) is 3.38. The monoisotopic (exact) mass is 215 g/mol. The van der Waals surface area contributed by atoms with E-state index in [2.05, 4.69) is 9.97 Å². The number of hydrogen-bond donors (Lipinski definition) is 1. The third-order valence-corrected chi connectivity index (χ3v) is 2.27. The fourth-order valence-electron chi connectivity index (χ4n) is 1.48. The van der Waals surface area contributed by atoms with Crippen molar-refractivity contribution in [1.29, 1.82) is 5.26 Å². The van der Waals surface area contributed by atoms with Crippen LogP contribution in [0.15, 0.2) is 30.5 Å². The van der Waals surface area contributed by atoms with Crippen molar-refractivity contribution in [2.45, 2.75) is 12.8 Å². The molecule has 0 fully saturated rings. The molecule has 0 radical (unpaired) electrons. The van der Waals surface area contributed by atoms with Gasteiger partial charge in [-0.25, -0.2) is 9.37 Å². The first kappa shape index (κ1) is 10.4. The van der Waals surface area contributed by atoms with Gasteiger partial charge in [0.15, 0.2) is 0 Å². The van der Waals surface area contributed by atoms with Crippen molar-refractivity contribution in [2.75, 3.05) is 0 Å². The van der Waals surface area contributed by atoms with Crippen LogP contribution in [0.3, 0.4) is 0 Å². The van der Waals surface area contributed by atoms with Gasteiger partial charge in [0.1, 0.15) is 11.6 Å². The van der Waals surface area contributed by atoms with Crippen LogP contribution in [-0.4, -0.2) is 9.97 Å². The van der Waals surface area contributed by atoms with Gasteiger partial charge in [0.2, 0.25) is 0 Å². The zero-order valence-corrected chi connectivity index (χ0v) is 8.57. The summed E-state index contributed by atoms with van der Waals surface area (Å²) in [6, 6.07) is 8.56. The molecule has 4 heteroatoms. The summed E-state index contributed by atoms with van der Waals surface area (Å²) in [7, 11) is 0. The fraction of sp³-hybridized carbons (Fsp3) is 0.167. The molecule has 2 aromatic rings. The largest absolute Gasteiger partial charge is 0.342 e. The predicted octanol–water partition coefficient (Wildman–Crippen LogP) is 2.67. The Balaban J connectivity index is 2.26. The molecule has 0 aliphatic rings. The maximum atomic E-state index is 13.4. The second kappa shape index (κ2) is 4.58. The summed E-state index contributed by atoms with van der Waals surface area (Å²) in [6.07, 6.45) is 2.56. The molecular formula is C12H10FN3. The van der Waals surface area contributed by atoms with Crippen molar-refractivity contribution in [3.8, 4) is 17.3 Å². The number of rotatable bonds is 3. The summed E-state index contributed by atoms with van der Waals surface area (Å²) < 4.78 is 13.4. The van der Waals surface area contributed by atoms with Gasteiger partial charge in [-0.05, 0) is 12.1 Å². The molecular weight excluding hydrogens is 205 g/mol. The number of nitriles is 1. The Kier molecular flexibility index (Phi) is 2.97. The van der Waals surface area contributed by atoms with Crippen LogP contribution in [0.25, 0.3) is 11.3 Å². The lowest BCUT2D eigenvalue weighted by atomic mass is 10.1. The fourth-order valence-corrected chi connectivity index (χ4v) is 1.48. The Morgan fingerprint density at radius 1 is 1.38 bits per heavy atom. The average Bonchev–Trinajstić information content (AvgIpc) is 2.75. The average molecular weight is 215 g/mol. The van der Waals surface area contributed by atoms with Gasteiger partial charge >= 0.3 is 0 Å². The number of aromatic amines is 1. The molecule has 0 unspecified atom stereocenters. The molecule has 0 bridgehead atoms. The van der Waals surface area contributed by atoms with E-state index in [9.17, 15) is 4.39 Å². The molecule has 0 atom stereocenters. The second-order valence-corrected chi connectivity index (χ2v) is 3.38. The van der Waals surface area contributed by atoms with E-state index in [1.165, 1.54) is 6.07 Å². The van der Waals surface area contributed by atoms with Gasteiger partial charge in [0.25, 0.3) is 0 Å². The summed E-state index contributed by atoms with van der Waals surface area (Å²) >= 11 is 0. The van der Waals surface area contributed by atoms with Gasteiger partial charge in [-0.1, -0.05) is 12.1 Å². The topological polar surface area (TPSA) is 52.5 Å². The zero-order valence-electron chi connectivity index (χ0n) is 8.57. The van der Waals surface area contributed by atoms with Gasteiger partial charge in [0, 0.05) is 18.4 Å². The van der Waals surface area contributed by atoms with Crippen LogP contribution in [0.1, 0.15) is 12.2 Å². The number of nitrogens with one attached hydrogen (secondary N) is 1. The number of benzene rings is 1. The molecule has 0 amide bonds. The van der Waals surface area contributed by atoms with E-state index in [0.29, 0.717) is 29.9 Å². The van der Waals surface area contributed by atoms with Gasteiger partial charge in [-0.2, -0.15) is 5.26 Å². The van der Waals surface area contributed by atoms with Crippen molar-refractivity contribution in [2.24, 2.45) is 0 Å². The van der Waals surface area contributed by atoms with Crippen molar-refractivity contribution >= 4 is 0 Å². The molecule has 1 aromatic carbocycles. The van der Waals surface area contributed by atoms with E-state index in [-0.39, 0.29) is 5.82 Å². The summed E-state index contributed by atoms with van der Waals surface area (Å²) in [5, 5.41) is 8.44. The number of nitrogens with zero attached hydrogens (tertiary/aromatic N) is 2. The predicted molar refractivity (Wildman–Crippen MR) is 57.9 cm³/mol. The van der Waals surface area contributed by atoms with E-state index in [4.69, 9.17) is 5.26 Å². The third-order valence-electron chi connectivity index (χ3n) is 2.27. The minimum atomic E-state index is -0.280. The SMILES string of the molecule is N#CCCc1ncc(-c2ccccc2F)[nH]1. The molecule has 1 heterocycles. The lowest BCUT2D eigenvalue weighted by Crippen LogP contribution is -1.87. The zero-order chi connectivity index (χ0) is 11.4. The molecule has 0 aliphatic carbocycles. The summed E-state index contributed by atoms with van der Waals surface area (Å²) in [5.74, 6) is 0.429. The first-order chi connectivity index (χ1) is 7.81. The first-order valence-electron chi connectivity index (χ1n) is 4.97. The lowest BCUT2D eigenvalue weighted by molar-refractivity contribution is 0.631. The Bertz CT molecular complexity index is 525. The van der Waals surface area contributed by atoms with E-state index in [0.717, 1.165) is 0 Å². The number of halogens is 1. The van der Waals surface area contributed by atoms with Gasteiger partial charge < -0.3 is 4.98 Å². The Labute approximate surface area is 92.6 Å². The normalized spacial score (nSPS) is 10.0. The van der Waals surface area contributed by atoms with Gasteiger partial charge in [-0.3, -0.25) is 0 Å². The summed E-state index contributed by atoms with van der Waals surface area (Å²) in [4.78, 5) is 7.10. The third kappa shape index (κ3) is 2.09. The molecule has 0 saturated carbocycles. The molecule has 16 heavy (non-hydrogen) atoms.